The molecule has 0 atom stereocenters. The van der Waals surface area contributed by atoms with E-state index >= 15 is 0 Å². The molecule has 6 nitrogen and oxygen atoms in total. The van der Waals surface area contributed by atoms with Crippen LogP contribution in [-0.4, -0.2) is 20.3 Å². The third kappa shape index (κ3) is 3.93. The molecule has 2 N–H and O–H groups in total. The highest BCUT2D eigenvalue weighted by Crippen LogP contribution is 2.27. The Morgan fingerprint density at radius 3 is 2.30 bits per heavy atom. The monoisotopic (exact) mass is 439 g/mol. The van der Waals surface area contributed by atoms with Crippen molar-refractivity contribution < 1.29 is 4.79 Å². The number of pyridine rings is 1. The zero-order valence-electron chi connectivity index (χ0n) is 19.6. The predicted octanol–water partition coefficient (Wildman–Crippen LogP) is 5.73. The molecule has 0 saturated heterocycles. The Morgan fingerprint density at radius 1 is 0.970 bits per heavy atom. The number of nitrogens with zero attached hydrogens (tertiary/aromatic N) is 3. The summed E-state index contributed by atoms with van der Waals surface area (Å²) in [5.74, 6) is 0. The summed E-state index contributed by atoms with van der Waals surface area (Å²) in [4.78, 5) is 19.7. The first-order valence-corrected chi connectivity index (χ1v) is 11.3. The molecule has 3 heterocycles. The second-order valence-corrected chi connectivity index (χ2v) is 8.90. The Bertz CT molecular complexity index is 1330. The van der Waals surface area contributed by atoms with Crippen molar-refractivity contribution in [2.45, 2.75) is 47.3 Å². The minimum absolute atomic E-state index is 0.0965. The molecular weight excluding hydrogens is 410 g/mol. The van der Waals surface area contributed by atoms with Crippen LogP contribution in [0, 0.1) is 27.7 Å². The average Bonchev–Trinajstić information content (AvgIpc) is 3.35. The molecule has 4 aromatic rings. The van der Waals surface area contributed by atoms with Crippen LogP contribution >= 0.6 is 0 Å². The summed E-state index contributed by atoms with van der Waals surface area (Å²) in [7, 11) is 0. The smallest absolute Gasteiger partial charge is 0.322 e. The van der Waals surface area contributed by atoms with Crippen LogP contribution in [0.25, 0.3) is 5.65 Å². The summed E-state index contributed by atoms with van der Waals surface area (Å²) in [5.41, 5.74) is 10.8. The van der Waals surface area contributed by atoms with Crippen LogP contribution in [0.4, 0.5) is 16.2 Å². The lowest BCUT2D eigenvalue weighted by Crippen LogP contribution is -2.30. The first kappa shape index (κ1) is 21.1. The molecule has 0 unspecified atom stereocenters. The second kappa shape index (κ2) is 8.28. The van der Waals surface area contributed by atoms with Gasteiger partial charge in [-0.25, -0.2) is 9.78 Å². The molecule has 6 heteroatoms. The molecule has 0 bridgehead atoms. The standard InChI is InChI=1S/C27H29N5O/c1-17-8-7-9-18(2)24(17)13-28-25-12-23(16-32-20(4)19(3)29-26(25)32)30-27(33)31-14-21-10-5-6-11-22(21)15-31/h5-12,16,28H,13-15H2,1-4H3,(H,30,33). The van der Waals surface area contributed by atoms with Gasteiger partial charge in [-0.05, 0) is 61.6 Å². The summed E-state index contributed by atoms with van der Waals surface area (Å²) in [6, 6.07) is 16.4. The maximum absolute atomic E-state index is 13.1. The highest BCUT2D eigenvalue weighted by atomic mass is 16.2. The molecule has 0 saturated carbocycles. The molecule has 0 fully saturated rings. The quantitative estimate of drug-likeness (QED) is 0.427. The van der Waals surface area contributed by atoms with E-state index in [1.807, 2.05) is 43.1 Å². The molecule has 0 spiro atoms. The zero-order chi connectivity index (χ0) is 23.1. The van der Waals surface area contributed by atoms with Gasteiger partial charge in [0.2, 0.25) is 0 Å². The van der Waals surface area contributed by atoms with Gasteiger partial charge in [0, 0.05) is 31.5 Å². The number of amides is 2. The van der Waals surface area contributed by atoms with Gasteiger partial charge >= 0.3 is 6.03 Å². The SMILES string of the molecule is Cc1cccc(C)c1CNc1cc(NC(=O)N2Cc3ccccc3C2)cn2c(C)c(C)nc12. The fourth-order valence-corrected chi connectivity index (χ4v) is 4.56. The van der Waals surface area contributed by atoms with Crippen LogP contribution in [0.5, 0.6) is 0 Å². The van der Waals surface area contributed by atoms with Crippen molar-refractivity contribution >= 4 is 23.1 Å². The van der Waals surface area contributed by atoms with Gasteiger partial charge < -0.3 is 19.9 Å². The summed E-state index contributed by atoms with van der Waals surface area (Å²) in [6.45, 7) is 10.3. The molecule has 2 aromatic heterocycles. The number of carbonyl (C=O) groups is 1. The number of hydrogen-bond acceptors (Lipinski definition) is 3. The van der Waals surface area contributed by atoms with Crippen LogP contribution in [0.1, 0.15) is 39.2 Å². The van der Waals surface area contributed by atoms with E-state index in [2.05, 4.69) is 59.2 Å². The summed E-state index contributed by atoms with van der Waals surface area (Å²) in [6.07, 6.45) is 1.95. The van der Waals surface area contributed by atoms with E-state index < -0.39 is 0 Å². The molecule has 33 heavy (non-hydrogen) atoms. The lowest BCUT2D eigenvalue weighted by atomic mass is 10.0. The van der Waals surface area contributed by atoms with E-state index in [1.165, 1.54) is 27.8 Å². The molecular formula is C27H29N5O. The van der Waals surface area contributed by atoms with Crippen molar-refractivity contribution in [3.05, 3.63) is 93.9 Å². The van der Waals surface area contributed by atoms with Crippen molar-refractivity contribution in [1.82, 2.24) is 14.3 Å². The molecule has 2 amide bonds. The molecule has 168 valence electrons. The van der Waals surface area contributed by atoms with Gasteiger partial charge in [0.1, 0.15) is 0 Å². The Balaban J connectivity index is 1.42. The third-order valence-corrected chi connectivity index (χ3v) is 6.68. The minimum Gasteiger partial charge on any atom is -0.378 e. The van der Waals surface area contributed by atoms with Gasteiger partial charge in [0.15, 0.2) is 5.65 Å². The number of nitrogens with one attached hydrogen (secondary N) is 2. The number of benzene rings is 2. The fraction of sp³-hybridized carbons (Fsp3) is 0.259. The van der Waals surface area contributed by atoms with Crippen molar-refractivity contribution in [2.24, 2.45) is 0 Å². The number of fused-ring (bicyclic) bond motifs is 2. The number of hydrogen-bond donors (Lipinski definition) is 2. The van der Waals surface area contributed by atoms with E-state index in [-0.39, 0.29) is 6.03 Å². The maximum Gasteiger partial charge on any atom is 0.322 e. The van der Waals surface area contributed by atoms with Gasteiger partial charge in [-0.3, -0.25) is 0 Å². The molecule has 5 rings (SSSR count). The zero-order valence-corrected chi connectivity index (χ0v) is 19.6. The number of aromatic nitrogens is 2. The Kier molecular flexibility index (Phi) is 5.29. The van der Waals surface area contributed by atoms with Crippen LogP contribution < -0.4 is 10.6 Å². The highest BCUT2D eigenvalue weighted by molar-refractivity contribution is 5.91. The number of rotatable bonds is 4. The summed E-state index contributed by atoms with van der Waals surface area (Å²) >= 11 is 0. The normalized spacial score (nSPS) is 12.8. The van der Waals surface area contributed by atoms with Crippen molar-refractivity contribution in [1.29, 1.82) is 0 Å². The Hall–Kier alpha value is -3.80. The number of urea groups is 1. The van der Waals surface area contributed by atoms with Crippen LogP contribution in [-0.2, 0) is 19.6 Å². The third-order valence-electron chi connectivity index (χ3n) is 6.68. The molecule has 0 radical (unpaired) electrons. The van der Waals surface area contributed by atoms with Crippen LogP contribution in [0.3, 0.4) is 0 Å². The van der Waals surface area contributed by atoms with E-state index in [9.17, 15) is 4.79 Å². The van der Waals surface area contributed by atoms with E-state index in [1.54, 1.807) is 0 Å². The fourth-order valence-electron chi connectivity index (χ4n) is 4.56. The maximum atomic E-state index is 13.1. The molecule has 1 aliphatic heterocycles. The van der Waals surface area contributed by atoms with Gasteiger partial charge in [-0.1, -0.05) is 42.5 Å². The number of anilines is 2. The second-order valence-electron chi connectivity index (χ2n) is 8.90. The summed E-state index contributed by atoms with van der Waals surface area (Å²) < 4.78 is 2.05. The topological polar surface area (TPSA) is 61.7 Å². The van der Waals surface area contributed by atoms with E-state index in [0.29, 0.717) is 19.6 Å². The van der Waals surface area contributed by atoms with Gasteiger partial charge in [-0.2, -0.15) is 0 Å². The lowest BCUT2D eigenvalue weighted by Gasteiger charge is -2.18. The number of aryl methyl sites for hydroxylation is 4. The van der Waals surface area contributed by atoms with Crippen molar-refractivity contribution in [3.8, 4) is 0 Å². The summed E-state index contributed by atoms with van der Waals surface area (Å²) in [5, 5.41) is 6.68. The van der Waals surface area contributed by atoms with E-state index in [4.69, 9.17) is 4.98 Å². The molecule has 1 aliphatic rings. The largest absolute Gasteiger partial charge is 0.378 e. The van der Waals surface area contributed by atoms with Gasteiger partial charge in [0.25, 0.3) is 0 Å². The molecule has 2 aromatic carbocycles. The predicted molar refractivity (Wildman–Crippen MR) is 133 cm³/mol. The molecule has 0 aliphatic carbocycles. The van der Waals surface area contributed by atoms with Crippen LogP contribution in [0.2, 0.25) is 0 Å². The average molecular weight is 440 g/mol. The van der Waals surface area contributed by atoms with E-state index in [0.717, 1.165) is 28.4 Å². The lowest BCUT2D eigenvalue weighted by molar-refractivity contribution is 0.212. The van der Waals surface area contributed by atoms with Crippen molar-refractivity contribution in [3.63, 3.8) is 0 Å². The Labute approximate surface area is 194 Å². The van der Waals surface area contributed by atoms with Gasteiger partial charge in [0.05, 0.1) is 17.1 Å². The first-order valence-electron chi connectivity index (χ1n) is 11.3. The highest BCUT2D eigenvalue weighted by Gasteiger charge is 2.23. The minimum atomic E-state index is -0.0965. The number of carbonyl (C=O) groups excluding carboxylic acids is 1. The number of imidazole rings is 1. The van der Waals surface area contributed by atoms with Crippen molar-refractivity contribution in [2.75, 3.05) is 10.6 Å². The first-order chi connectivity index (χ1) is 15.9. The van der Waals surface area contributed by atoms with Crippen LogP contribution in [0.15, 0.2) is 54.7 Å². The van der Waals surface area contributed by atoms with Gasteiger partial charge in [-0.15, -0.1) is 0 Å². The Morgan fingerprint density at radius 2 is 1.64 bits per heavy atom.